The fourth-order valence-corrected chi connectivity index (χ4v) is 0.178. The van der Waals surface area contributed by atoms with Crippen LogP contribution in [0.1, 0.15) is 0 Å². The Hall–Kier alpha value is -0.180. The number of allylic oxidation sites excluding steroid dienone is 1. The number of hydrogen-bond donors (Lipinski definition) is 0. The van der Waals surface area contributed by atoms with Gasteiger partial charge >= 0.3 is 5.92 Å². The molecule has 0 radical (unpaired) electrons. The molecule has 0 saturated heterocycles. The lowest BCUT2D eigenvalue weighted by Gasteiger charge is -2.08. The second kappa shape index (κ2) is 2.40. The van der Waals surface area contributed by atoms with Crippen LogP contribution in [0.4, 0.5) is 13.2 Å². The molecule has 0 amide bonds. The highest BCUT2D eigenvalue weighted by atomic mass is 35.5. The standard InChI is InChI=1S/C4H4ClF3/c1-2-4(7,8)3(5)6/h2-3H,1H2. The summed E-state index contributed by atoms with van der Waals surface area (Å²) in [6.07, 6.45) is 0.171. The summed E-state index contributed by atoms with van der Waals surface area (Å²) in [4.78, 5) is 0. The van der Waals surface area contributed by atoms with Gasteiger partial charge in [-0.2, -0.15) is 8.78 Å². The normalized spacial score (nSPS) is 15.5. The predicted octanol–water partition coefficient (Wildman–Crippen LogP) is 2.34. The Bertz CT molecular complexity index is 89.3. The lowest BCUT2D eigenvalue weighted by Crippen LogP contribution is -2.21. The van der Waals surface area contributed by atoms with Crippen LogP contribution in [0.3, 0.4) is 0 Å². The summed E-state index contributed by atoms with van der Waals surface area (Å²) < 4.78 is 34.7. The Labute approximate surface area is 49.9 Å². The van der Waals surface area contributed by atoms with Crippen molar-refractivity contribution in [2.45, 2.75) is 11.6 Å². The van der Waals surface area contributed by atoms with Crippen LogP contribution in [0.25, 0.3) is 0 Å². The van der Waals surface area contributed by atoms with Crippen LogP contribution < -0.4 is 0 Å². The fraction of sp³-hybridized carbons (Fsp3) is 0.500. The van der Waals surface area contributed by atoms with E-state index < -0.39 is 11.6 Å². The second-order valence-electron chi connectivity index (χ2n) is 1.18. The Morgan fingerprint density at radius 3 is 2.00 bits per heavy atom. The maximum atomic E-state index is 11.7. The van der Waals surface area contributed by atoms with Crippen LogP contribution in [0.2, 0.25) is 0 Å². The largest absolute Gasteiger partial charge is 0.310 e. The Morgan fingerprint density at radius 1 is 1.62 bits per heavy atom. The minimum Gasteiger partial charge on any atom is -0.223 e. The van der Waals surface area contributed by atoms with E-state index in [2.05, 4.69) is 18.2 Å². The Kier molecular flexibility index (Phi) is 2.34. The first-order chi connectivity index (χ1) is 3.50. The molecule has 0 aliphatic heterocycles. The average Bonchev–Trinajstić information content (AvgIpc) is 1.67. The molecule has 0 aromatic carbocycles. The van der Waals surface area contributed by atoms with E-state index in [1.165, 1.54) is 0 Å². The van der Waals surface area contributed by atoms with Gasteiger partial charge in [-0.3, -0.25) is 0 Å². The molecule has 0 rings (SSSR count). The van der Waals surface area contributed by atoms with Gasteiger partial charge in [-0.05, 0) is 6.08 Å². The van der Waals surface area contributed by atoms with Gasteiger partial charge < -0.3 is 0 Å². The van der Waals surface area contributed by atoms with Crippen molar-refractivity contribution in [3.63, 3.8) is 0 Å². The van der Waals surface area contributed by atoms with Gasteiger partial charge in [0.05, 0.1) is 0 Å². The number of halogens is 4. The van der Waals surface area contributed by atoms with Gasteiger partial charge in [0.2, 0.25) is 5.63 Å². The Balaban J connectivity index is 3.90. The molecule has 0 heterocycles. The molecule has 0 nitrogen and oxygen atoms in total. The third kappa shape index (κ3) is 1.74. The average molecular weight is 145 g/mol. The van der Waals surface area contributed by atoms with E-state index in [9.17, 15) is 13.2 Å². The molecule has 0 aliphatic rings. The molecule has 0 saturated carbocycles. The molecular weight excluding hydrogens is 140 g/mol. The number of rotatable bonds is 2. The minimum atomic E-state index is -3.60. The molecule has 0 spiro atoms. The van der Waals surface area contributed by atoms with Crippen molar-refractivity contribution >= 4 is 11.6 Å². The summed E-state index contributed by atoms with van der Waals surface area (Å²) in [5, 5.41) is 0. The lowest BCUT2D eigenvalue weighted by molar-refractivity contribution is 0.00875. The summed E-state index contributed by atoms with van der Waals surface area (Å²) in [7, 11) is 0. The maximum Gasteiger partial charge on any atom is 0.310 e. The minimum absolute atomic E-state index is 0.171. The van der Waals surface area contributed by atoms with E-state index in [-0.39, 0.29) is 6.08 Å². The van der Waals surface area contributed by atoms with Gasteiger partial charge in [0, 0.05) is 0 Å². The van der Waals surface area contributed by atoms with E-state index in [4.69, 9.17) is 0 Å². The molecule has 0 aromatic heterocycles. The SMILES string of the molecule is C=CC(F)(F)C(F)Cl. The zero-order chi connectivity index (χ0) is 6.78. The van der Waals surface area contributed by atoms with Crippen molar-refractivity contribution in [3.05, 3.63) is 12.7 Å². The van der Waals surface area contributed by atoms with Gasteiger partial charge in [-0.25, -0.2) is 4.39 Å². The van der Waals surface area contributed by atoms with E-state index in [1.54, 1.807) is 0 Å². The van der Waals surface area contributed by atoms with Crippen molar-refractivity contribution < 1.29 is 13.2 Å². The quantitative estimate of drug-likeness (QED) is 0.412. The first-order valence-corrected chi connectivity index (χ1v) is 2.24. The van der Waals surface area contributed by atoms with Crippen molar-refractivity contribution in [3.8, 4) is 0 Å². The topological polar surface area (TPSA) is 0 Å². The van der Waals surface area contributed by atoms with Gasteiger partial charge in [0.15, 0.2) is 0 Å². The lowest BCUT2D eigenvalue weighted by atomic mass is 10.4. The molecule has 1 unspecified atom stereocenters. The molecule has 1 atom stereocenters. The van der Waals surface area contributed by atoms with Crippen LogP contribution in [-0.2, 0) is 0 Å². The number of hydrogen-bond acceptors (Lipinski definition) is 0. The first kappa shape index (κ1) is 7.82. The summed E-state index contributed by atoms with van der Waals surface area (Å²) in [6.45, 7) is 2.68. The van der Waals surface area contributed by atoms with Gasteiger partial charge in [0.1, 0.15) is 0 Å². The highest BCUT2D eigenvalue weighted by Crippen LogP contribution is 2.24. The van der Waals surface area contributed by atoms with Crippen molar-refractivity contribution in [1.29, 1.82) is 0 Å². The fourth-order valence-electron chi connectivity index (χ4n) is 0.0891. The smallest absolute Gasteiger partial charge is 0.223 e. The molecule has 4 heteroatoms. The van der Waals surface area contributed by atoms with E-state index in [1.807, 2.05) is 0 Å². The monoisotopic (exact) mass is 144 g/mol. The Morgan fingerprint density at radius 2 is 2.00 bits per heavy atom. The van der Waals surface area contributed by atoms with Crippen molar-refractivity contribution in [1.82, 2.24) is 0 Å². The maximum absolute atomic E-state index is 11.7. The zero-order valence-electron chi connectivity index (χ0n) is 3.87. The van der Waals surface area contributed by atoms with Crippen molar-refractivity contribution in [2.75, 3.05) is 0 Å². The van der Waals surface area contributed by atoms with Gasteiger partial charge in [0.25, 0.3) is 0 Å². The summed E-state index contributed by atoms with van der Waals surface area (Å²) in [5.74, 6) is -3.60. The summed E-state index contributed by atoms with van der Waals surface area (Å²) in [5.41, 5.74) is -2.67. The van der Waals surface area contributed by atoms with Crippen molar-refractivity contribution in [2.24, 2.45) is 0 Å². The third-order valence-corrected chi connectivity index (χ3v) is 0.854. The van der Waals surface area contributed by atoms with E-state index in [0.29, 0.717) is 0 Å². The van der Waals surface area contributed by atoms with Gasteiger partial charge in [-0.15, -0.1) is 0 Å². The van der Waals surface area contributed by atoms with Gasteiger partial charge in [-0.1, -0.05) is 18.2 Å². The molecule has 0 aromatic rings. The zero-order valence-corrected chi connectivity index (χ0v) is 4.63. The van der Waals surface area contributed by atoms with E-state index >= 15 is 0 Å². The van der Waals surface area contributed by atoms with Crippen LogP contribution in [0.15, 0.2) is 12.7 Å². The molecular formula is C4H4ClF3. The third-order valence-electron chi connectivity index (χ3n) is 0.563. The predicted molar refractivity (Wildman–Crippen MR) is 25.9 cm³/mol. The molecule has 0 bridgehead atoms. The highest BCUT2D eigenvalue weighted by molar-refractivity contribution is 6.20. The van der Waals surface area contributed by atoms with Crippen LogP contribution in [-0.4, -0.2) is 11.6 Å². The first-order valence-electron chi connectivity index (χ1n) is 1.80. The van der Waals surface area contributed by atoms with E-state index in [0.717, 1.165) is 0 Å². The molecule has 48 valence electrons. The molecule has 0 aliphatic carbocycles. The summed E-state index contributed by atoms with van der Waals surface area (Å²) in [6, 6.07) is 0. The van der Waals surface area contributed by atoms with Crippen LogP contribution >= 0.6 is 11.6 Å². The highest BCUT2D eigenvalue weighted by Gasteiger charge is 2.34. The summed E-state index contributed by atoms with van der Waals surface area (Å²) >= 11 is 4.38. The molecule has 0 fully saturated rings. The number of alkyl halides is 4. The second-order valence-corrected chi connectivity index (χ2v) is 1.56. The molecule has 8 heavy (non-hydrogen) atoms. The molecule has 0 N–H and O–H groups in total. The van der Waals surface area contributed by atoms with Crippen LogP contribution in [0.5, 0.6) is 0 Å². The van der Waals surface area contributed by atoms with Crippen LogP contribution in [0, 0.1) is 0 Å².